The smallest absolute Gasteiger partial charge is 0.269 e. The van der Waals surface area contributed by atoms with E-state index in [9.17, 15) is 9.18 Å². The van der Waals surface area contributed by atoms with Crippen LogP contribution in [-0.4, -0.2) is 24.5 Å². The Morgan fingerprint density at radius 1 is 1.14 bits per heavy atom. The lowest BCUT2D eigenvalue weighted by Crippen LogP contribution is -2.26. The van der Waals surface area contributed by atoms with Crippen molar-refractivity contribution in [2.75, 3.05) is 19.0 Å². The summed E-state index contributed by atoms with van der Waals surface area (Å²) < 4.78 is 18.6. The first-order valence-electron chi connectivity index (χ1n) is 8.65. The highest BCUT2D eigenvalue weighted by Crippen LogP contribution is 2.23. The Morgan fingerprint density at radius 3 is 2.71 bits per heavy atom. The largest absolute Gasteiger partial charge is 0.496 e. The van der Waals surface area contributed by atoms with Gasteiger partial charge >= 0.3 is 0 Å². The molecule has 1 heterocycles. The zero-order valence-corrected chi connectivity index (χ0v) is 16.0. The predicted octanol–water partition coefficient (Wildman–Crippen LogP) is 4.60. The topological polar surface area (TPSA) is 63.2 Å². The summed E-state index contributed by atoms with van der Waals surface area (Å²) in [4.78, 5) is 16.5. The van der Waals surface area contributed by atoms with Crippen LogP contribution in [0.1, 0.15) is 16.1 Å². The number of hydrogen-bond donors (Lipinski definition) is 2. The molecule has 5 nitrogen and oxygen atoms in total. The number of pyridine rings is 1. The molecule has 3 rings (SSSR count). The van der Waals surface area contributed by atoms with Crippen LogP contribution in [0.2, 0.25) is 5.02 Å². The van der Waals surface area contributed by atoms with Gasteiger partial charge < -0.3 is 15.4 Å². The molecule has 1 aromatic heterocycles. The van der Waals surface area contributed by atoms with E-state index in [-0.39, 0.29) is 16.6 Å². The van der Waals surface area contributed by atoms with Crippen molar-refractivity contribution < 1.29 is 13.9 Å². The first kappa shape index (κ1) is 19.6. The number of anilines is 2. The molecule has 7 heteroatoms. The fourth-order valence-electron chi connectivity index (χ4n) is 2.68. The Balaban J connectivity index is 1.61. The lowest BCUT2D eigenvalue weighted by atomic mass is 10.1. The maximum Gasteiger partial charge on any atom is 0.269 e. The number of nitrogens with one attached hydrogen (secondary N) is 2. The molecular formula is C21H19ClFN3O2. The van der Waals surface area contributed by atoms with Gasteiger partial charge in [-0.3, -0.25) is 9.78 Å². The highest BCUT2D eigenvalue weighted by molar-refractivity contribution is 6.31. The van der Waals surface area contributed by atoms with Crippen molar-refractivity contribution in [2.24, 2.45) is 0 Å². The van der Waals surface area contributed by atoms with Gasteiger partial charge in [0.05, 0.1) is 12.1 Å². The molecule has 1 amide bonds. The van der Waals surface area contributed by atoms with Gasteiger partial charge in [0.25, 0.3) is 5.91 Å². The molecule has 3 aromatic rings. The van der Waals surface area contributed by atoms with E-state index in [4.69, 9.17) is 16.3 Å². The minimum absolute atomic E-state index is 0.0216. The molecule has 2 N–H and O–H groups in total. The number of rotatable bonds is 7. The van der Waals surface area contributed by atoms with Gasteiger partial charge in [0, 0.05) is 24.1 Å². The van der Waals surface area contributed by atoms with Crippen LogP contribution in [0.4, 0.5) is 15.8 Å². The van der Waals surface area contributed by atoms with Crippen molar-refractivity contribution in [1.82, 2.24) is 10.3 Å². The molecule has 0 aliphatic rings. The second-order valence-corrected chi connectivity index (χ2v) is 6.41. The van der Waals surface area contributed by atoms with Crippen LogP contribution in [-0.2, 0) is 6.42 Å². The molecule has 0 atom stereocenters. The minimum Gasteiger partial charge on any atom is -0.496 e. The number of aromatic nitrogens is 1. The summed E-state index contributed by atoms with van der Waals surface area (Å²) in [7, 11) is 1.62. The third-order valence-electron chi connectivity index (χ3n) is 4.07. The minimum atomic E-state index is -0.489. The number of amides is 1. The molecule has 28 heavy (non-hydrogen) atoms. The fourth-order valence-corrected chi connectivity index (χ4v) is 2.86. The summed E-state index contributed by atoms with van der Waals surface area (Å²) in [5.41, 5.74) is 2.55. The molecule has 0 bridgehead atoms. The number of ether oxygens (including phenoxy) is 1. The van der Waals surface area contributed by atoms with E-state index >= 15 is 0 Å². The van der Waals surface area contributed by atoms with Crippen molar-refractivity contribution in [2.45, 2.75) is 6.42 Å². The number of carbonyl (C=O) groups excluding carboxylic acids is 1. The maximum absolute atomic E-state index is 13.3. The second kappa shape index (κ2) is 9.19. The van der Waals surface area contributed by atoms with Crippen LogP contribution in [0.25, 0.3) is 0 Å². The van der Waals surface area contributed by atoms with E-state index in [2.05, 4.69) is 15.6 Å². The molecule has 0 unspecified atom stereocenters. The second-order valence-electron chi connectivity index (χ2n) is 6.00. The molecule has 2 aromatic carbocycles. The van der Waals surface area contributed by atoms with Crippen LogP contribution in [0.5, 0.6) is 5.75 Å². The normalized spacial score (nSPS) is 10.4. The average molecular weight is 400 g/mol. The number of hydrogen-bond acceptors (Lipinski definition) is 4. The molecule has 0 aliphatic carbocycles. The van der Waals surface area contributed by atoms with Gasteiger partial charge in [-0.15, -0.1) is 0 Å². The molecule has 0 fully saturated rings. The molecule has 144 valence electrons. The Morgan fingerprint density at radius 2 is 1.93 bits per heavy atom. The first-order valence-corrected chi connectivity index (χ1v) is 9.03. The van der Waals surface area contributed by atoms with Gasteiger partial charge in [0.15, 0.2) is 0 Å². The summed E-state index contributed by atoms with van der Waals surface area (Å²) in [5.74, 6) is 0.0202. The Hall–Kier alpha value is -3.12. The molecule has 0 aliphatic heterocycles. The van der Waals surface area contributed by atoms with Crippen LogP contribution in [0.15, 0.2) is 60.8 Å². The van der Waals surface area contributed by atoms with Crippen molar-refractivity contribution in [3.8, 4) is 5.75 Å². The number of benzene rings is 2. The Labute approximate surface area is 167 Å². The monoisotopic (exact) mass is 399 g/mol. The quantitative estimate of drug-likeness (QED) is 0.609. The van der Waals surface area contributed by atoms with E-state index in [1.807, 2.05) is 24.3 Å². The van der Waals surface area contributed by atoms with Crippen LogP contribution >= 0.6 is 11.6 Å². The Bertz CT molecular complexity index is 981. The number of para-hydroxylation sites is 1. The van der Waals surface area contributed by atoms with E-state index in [1.54, 1.807) is 25.3 Å². The van der Waals surface area contributed by atoms with E-state index < -0.39 is 5.82 Å². The summed E-state index contributed by atoms with van der Waals surface area (Å²) in [6.45, 7) is 0.451. The number of nitrogens with zero attached hydrogens (tertiary/aromatic N) is 1. The SMILES string of the molecule is COc1ccccc1CCNC(=O)c1cc(Nc2ccc(F)c(Cl)c2)ccn1. The summed E-state index contributed by atoms with van der Waals surface area (Å²) in [6.07, 6.45) is 2.17. The molecule has 0 saturated carbocycles. The van der Waals surface area contributed by atoms with E-state index in [0.29, 0.717) is 24.3 Å². The van der Waals surface area contributed by atoms with Crippen molar-refractivity contribution in [3.05, 3.63) is 82.9 Å². The molecule has 0 saturated heterocycles. The highest BCUT2D eigenvalue weighted by atomic mass is 35.5. The fraction of sp³-hybridized carbons (Fsp3) is 0.143. The third kappa shape index (κ3) is 4.98. The molecule has 0 spiro atoms. The number of carbonyl (C=O) groups is 1. The van der Waals surface area contributed by atoms with Crippen molar-refractivity contribution in [3.63, 3.8) is 0 Å². The van der Waals surface area contributed by atoms with Crippen molar-refractivity contribution in [1.29, 1.82) is 0 Å². The van der Waals surface area contributed by atoms with Crippen LogP contribution in [0.3, 0.4) is 0 Å². The summed E-state index contributed by atoms with van der Waals surface area (Å²) in [5, 5.41) is 5.95. The predicted molar refractivity (Wildman–Crippen MR) is 108 cm³/mol. The van der Waals surface area contributed by atoms with Crippen molar-refractivity contribution >= 4 is 28.9 Å². The zero-order chi connectivity index (χ0) is 19.9. The van der Waals surface area contributed by atoms with Gasteiger partial charge in [0.1, 0.15) is 17.3 Å². The van der Waals surface area contributed by atoms with Gasteiger partial charge in [0.2, 0.25) is 0 Å². The number of halogens is 2. The van der Waals surface area contributed by atoms with Gasteiger partial charge in [-0.05, 0) is 48.4 Å². The standard InChI is InChI=1S/C21H19ClFN3O2/c1-28-20-5-3-2-4-14(20)8-10-25-21(27)19-13-16(9-11-24-19)26-15-6-7-18(23)17(22)12-15/h2-7,9,11-13H,8,10H2,1H3,(H,24,26)(H,25,27). The van der Waals surface area contributed by atoms with Crippen LogP contribution in [0, 0.1) is 5.82 Å². The first-order chi connectivity index (χ1) is 13.6. The van der Waals surface area contributed by atoms with Gasteiger partial charge in [-0.25, -0.2) is 4.39 Å². The lowest BCUT2D eigenvalue weighted by Gasteiger charge is -2.10. The van der Waals surface area contributed by atoms with Gasteiger partial charge in [-0.2, -0.15) is 0 Å². The average Bonchev–Trinajstić information content (AvgIpc) is 2.71. The van der Waals surface area contributed by atoms with E-state index in [0.717, 1.165) is 11.3 Å². The molecule has 0 radical (unpaired) electrons. The summed E-state index contributed by atoms with van der Waals surface area (Å²) in [6, 6.07) is 15.3. The summed E-state index contributed by atoms with van der Waals surface area (Å²) >= 11 is 5.79. The lowest BCUT2D eigenvalue weighted by molar-refractivity contribution is 0.0949. The Kier molecular flexibility index (Phi) is 6.45. The van der Waals surface area contributed by atoms with Crippen LogP contribution < -0.4 is 15.4 Å². The molecular weight excluding hydrogens is 381 g/mol. The zero-order valence-electron chi connectivity index (χ0n) is 15.2. The number of methoxy groups -OCH3 is 1. The van der Waals surface area contributed by atoms with Gasteiger partial charge in [-0.1, -0.05) is 29.8 Å². The maximum atomic E-state index is 13.3. The van der Waals surface area contributed by atoms with E-state index in [1.165, 1.54) is 18.3 Å². The highest BCUT2D eigenvalue weighted by Gasteiger charge is 2.09. The third-order valence-corrected chi connectivity index (χ3v) is 4.36.